The Hall–Kier alpha value is -2.47. The molecule has 2 aromatic carbocycles. The summed E-state index contributed by atoms with van der Waals surface area (Å²) in [4.78, 5) is 25.7. The van der Waals surface area contributed by atoms with Crippen LogP contribution in [-0.2, 0) is 11.3 Å². The van der Waals surface area contributed by atoms with Gasteiger partial charge in [-0.2, -0.15) is 8.78 Å². The van der Waals surface area contributed by atoms with E-state index in [-0.39, 0.29) is 30.3 Å². The van der Waals surface area contributed by atoms with Crippen molar-refractivity contribution in [1.82, 2.24) is 4.90 Å². The summed E-state index contributed by atoms with van der Waals surface area (Å²) in [5.74, 6) is -0.247. The summed E-state index contributed by atoms with van der Waals surface area (Å²) in [5.41, 5.74) is 1.28. The van der Waals surface area contributed by atoms with Gasteiger partial charge in [0, 0.05) is 37.0 Å². The number of ether oxygens (including phenoxy) is 1. The molecule has 0 aliphatic heterocycles. The van der Waals surface area contributed by atoms with Gasteiger partial charge in [-0.25, -0.2) is 0 Å². The second-order valence-electron chi connectivity index (χ2n) is 5.70. The molecule has 138 valence electrons. The van der Waals surface area contributed by atoms with Crippen LogP contribution in [0.4, 0.5) is 8.78 Å². The molecule has 0 fully saturated rings. The van der Waals surface area contributed by atoms with Gasteiger partial charge in [0.25, 0.3) is 0 Å². The molecule has 0 saturated heterocycles. The first-order chi connectivity index (χ1) is 12.3. The number of nitrogens with zero attached hydrogens (tertiary/aromatic N) is 1. The fourth-order valence-corrected chi connectivity index (χ4v) is 2.46. The molecule has 0 heterocycles. The van der Waals surface area contributed by atoms with E-state index in [1.54, 1.807) is 43.4 Å². The highest BCUT2D eigenvalue weighted by Crippen LogP contribution is 2.16. The van der Waals surface area contributed by atoms with Crippen molar-refractivity contribution >= 4 is 23.3 Å². The van der Waals surface area contributed by atoms with E-state index in [4.69, 9.17) is 11.6 Å². The van der Waals surface area contributed by atoms with Crippen molar-refractivity contribution in [3.8, 4) is 5.75 Å². The van der Waals surface area contributed by atoms with Crippen LogP contribution < -0.4 is 4.74 Å². The summed E-state index contributed by atoms with van der Waals surface area (Å²) in [7, 11) is 1.62. The summed E-state index contributed by atoms with van der Waals surface area (Å²) in [6.45, 7) is -2.56. The van der Waals surface area contributed by atoms with E-state index in [0.29, 0.717) is 17.1 Å². The summed E-state index contributed by atoms with van der Waals surface area (Å²) >= 11 is 5.78. The van der Waals surface area contributed by atoms with Gasteiger partial charge in [0.05, 0.1) is 0 Å². The molecule has 0 atom stereocenters. The lowest BCUT2D eigenvalue weighted by molar-refractivity contribution is -0.130. The van der Waals surface area contributed by atoms with Gasteiger partial charge in [0.15, 0.2) is 5.78 Å². The van der Waals surface area contributed by atoms with Crippen LogP contribution >= 0.6 is 11.6 Å². The van der Waals surface area contributed by atoms with E-state index in [9.17, 15) is 18.4 Å². The molecule has 0 saturated carbocycles. The monoisotopic (exact) mass is 381 g/mol. The molecule has 26 heavy (non-hydrogen) atoms. The number of amides is 1. The Bertz CT molecular complexity index is 748. The smallest absolute Gasteiger partial charge is 0.387 e. The minimum atomic E-state index is -2.87. The third-order valence-electron chi connectivity index (χ3n) is 3.73. The zero-order valence-corrected chi connectivity index (χ0v) is 14.9. The van der Waals surface area contributed by atoms with Gasteiger partial charge in [-0.15, -0.1) is 0 Å². The fourth-order valence-electron chi connectivity index (χ4n) is 2.33. The van der Waals surface area contributed by atoms with Gasteiger partial charge in [-0.05, 0) is 42.0 Å². The van der Waals surface area contributed by atoms with Gasteiger partial charge in [0.2, 0.25) is 5.91 Å². The maximum atomic E-state index is 12.2. The molecule has 0 aliphatic rings. The molecule has 0 unspecified atom stereocenters. The first-order valence-electron chi connectivity index (χ1n) is 7.91. The van der Waals surface area contributed by atoms with Crippen molar-refractivity contribution in [1.29, 1.82) is 0 Å². The van der Waals surface area contributed by atoms with Gasteiger partial charge in [-0.1, -0.05) is 23.7 Å². The van der Waals surface area contributed by atoms with Gasteiger partial charge in [-0.3, -0.25) is 9.59 Å². The van der Waals surface area contributed by atoms with Crippen molar-refractivity contribution in [3.05, 3.63) is 64.7 Å². The van der Waals surface area contributed by atoms with Crippen molar-refractivity contribution in [3.63, 3.8) is 0 Å². The van der Waals surface area contributed by atoms with E-state index in [1.165, 1.54) is 17.0 Å². The highest BCUT2D eigenvalue weighted by Gasteiger charge is 2.13. The van der Waals surface area contributed by atoms with E-state index in [0.717, 1.165) is 5.56 Å². The fraction of sp³-hybridized carbons (Fsp3) is 0.263. The summed E-state index contributed by atoms with van der Waals surface area (Å²) < 4.78 is 28.5. The number of carbonyl (C=O) groups is 2. The second kappa shape index (κ2) is 9.29. The van der Waals surface area contributed by atoms with Crippen molar-refractivity contribution in [2.75, 3.05) is 7.05 Å². The molecule has 0 aliphatic carbocycles. The number of hydrogen-bond acceptors (Lipinski definition) is 3. The lowest BCUT2D eigenvalue weighted by Gasteiger charge is -2.17. The number of hydrogen-bond donors (Lipinski definition) is 0. The first-order valence-corrected chi connectivity index (χ1v) is 8.29. The highest BCUT2D eigenvalue weighted by atomic mass is 35.5. The molecule has 1 amide bonds. The Morgan fingerprint density at radius 1 is 1.04 bits per heavy atom. The largest absolute Gasteiger partial charge is 0.435 e. The quantitative estimate of drug-likeness (QED) is 0.629. The van der Waals surface area contributed by atoms with Crippen LogP contribution in [0.25, 0.3) is 0 Å². The predicted molar refractivity (Wildman–Crippen MR) is 94.6 cm³/mol. The number of ketones is 1. The number of rotatable bonds is 8. The van der Waals surface area contributed by atoms with E-state index < -0.39 is 6.61 Å². The van der Waals surface area contributed by atoms with E-state index >= 15 is 0 Å². The van der Waals surface area contributed by atoms with Gasteiger partial charge >= 0.3 is 6.61 Å². The zero-order chi connectivity index (χ0) is 19.1. The normalized spacial score (nSPS) is 10.7. The second-order valence-corrected chi connectivity index (χ2v) is 6.14. The maximum Gasteiger partial charge on any atom is 0.387 e. The lowest BCUT2D eigenvalue weighted by Crippen LogP contribution is -2.26. The molecule has 0 aromatic heterocycles. The average Bonchev–Trinajstić information content (AvgIpc) is 2.61. The Morgan fingerprint density at radius 2 is 1.65 bits per heavy atom. The number of alkyl halides is 2. The predicted octanol–water partition coefficient (Wildman–Crippen LogP) is 4.56. The van der Waals surface area contributed by atoms with Crippen LogP contribution in [0.1, 0.15) is 28.8 Å². The third kappa shape index (κ3) is 6.11. The number of benzene rings is 2. The van der Waals surface area contributed by atoms with Crippen molar-refractivity contribution in [2.24, 2.45) is 0 Å². The van der Waals surface area contributed by atoms with Crippen LogP contribution in [-0.4, -0.2) is 30.2 Å². The summed E-state index contributed by atoms with van der Waals surface area (Å²) in [6.07, 6.45) is 0.191. The van der Waals surface area contributed by atoms with E-state index in [1.807, 2.05) is 0 Å². The zero-order valence-electron chi connectivity index (χ0n) is 14.1. The Morgan fingerprint density at radius 3 is 2.23 bits per heavy atom. The molecule has 2 rings (SSSR count). The van der Waals surface area contributed by atoms with Crippen LogP contribution in [0.5, 0.6) is 5.75 Å². The van der Waals surface area contributed by atoms with Crippen LogP contribution in [0.2, 0.25) is 5.02 Å². The molecular formula is C19H18ClF2NO3. The first kappa shape index (κ1) is 19.8. The van der Waals surface area contributed by atoms with Crippen LogP contribution in [0.15, 0.2) is 48.5 Å². The Balaban J connectivity index is 1.83. The highest BCUT2D eigenvalue weighted by molar-refractivity contribution is 6.30. The SMILES string of the molecule is CN(Cc1ccc(OC(F)F)cc1)C(=O)CCC(=O)c1ccc(Cl)cc1. The molecular weight excluding hydrogens is 364 g/mol. The molecule has 7 heteroatoms. The summed E-state index contributed by atoms with van der Waals surface area (Å²) in [5, 5.41) is 0.544. The molecule has 4 nitrogen and oxygen atoms in total. The Kier molecular flexibility index (Phi) is 7.09. The topological polar surface area (TPSA) is 46.6 Å². The molecule has 0 spiro atoms. The molecule has 0 radical (unpaired) electrons. The van der Waals surface area contributed by atoms with Crippen LogP contribution in [0, 0.1) is 0 Å². The van der Waals surface area contributed by atoms with E-state index in [2.05, 4.69) is 4.74 Å². The Labute approximate surface area is 155 Å². The van der Waals surface area contributed by atoms with Crippen molar-refractivity contribution in [2.45, 2.75) is 26.0 Å². The average molecular weight is 382 g/mol. The number of carbonyl (C=O) groups excluding carboxylic acids is 2. The van der Waals surface area contributed by atoms with Crippen molar-refractivity contribution < 1.29 is 23.1 Å². The lowest BCUT2D eigenvalue weighted by atomic mass is 10.1. The van der Waals surface area contributed by atoms with Crippen LogP contribution in [0.3, 0.4) is 0 Å². The summed E-state index contributed by atoms with van der Waals surface area (Å²) in [6, 6.07) is 12.6. The molecule has 0 bridgehead atoms. The molecule has 2 aromatic rings. The van der Waals surface area contributed by atoms with Gasteiger partial charge in [0.1, 0.15) is 5.75 Å². The third-order valence-corrected chi connectivity index (χ3v) is 3.98. The molecule has 0 N–H and O–H groups in total. The van der Waals surface area contributed by atoms with Gasteiger partial charge < -0.3 is 9.64 Å². The maximum absolute atomic E-state index is 12.2. The number of Topliss-reactive ketones (excluding diaryl/α,β-unsaturated/α-hetero) is 1. The number of halogens is 3. The minimum Gasteiger partial charge on any atom is -0.435 e. The minimum absolute atomic E-state index is 0.0614. The standard InChI is InChI=1S/C19H18ClF2NO3/c1-23(12-13-2-8-16(9-3-13)26-19(21)22)18(25)11-10-17(24)14-4-6-15(20)7-5-14/h2-9,19H,10-12H2,1H3.